The molecule has 1 fully saturated rings. The number of rotatable bonds is 11. The van der Waals surface area contributed by atoms with E-state index >= 15 is 0 Å². The molecule has 1 N–H and O–H groups in total. The van der Waals surface area contributed by atoms with Gasteiger partial charge in [0.15, 0.2) is 0 Å². The zero-order chi connectivity index (χ0) is 20.7. The van der Waals surface area contributed by atoms with Gasteiger partial charge in [0.25, 0.3) is 0 Å². The number of hydrogen-bond acceptors (Lipinski definition) is 5. The number of ether oxygens (including phenoxy) is 2. The summed E-state index contributed by atoms with van der Waals surface area (Å²) in [5.41, 5.74) is 2.50. The van der Waals surface area contributed by atoms with Crippen LogP contribution < -0.4 is 4.72 Å². The number of esters is 1. The number of nitrogens with one attached hydrogen (secondary N) is 1. The molecule has 0 saturated heterocycles. The molecular formula is C22H27NO5S. The molecule has 0 amide bonds. The Labute approximate surface area is 172 Å². The number of carbonyl (C=O) groups excluding carboxylic acids is 1. The van der Waals surface area contributed by atoms with Crippen molar-refractivity contribution in [3.8, 4) is 0 Å². The Morgan fingerprint density at radius 2 is 1.66 bits per heavy atom. The summed E-state index contributed by atoms with van der Waals surface area (Å²) in [6.07, 6.45) is 1.62. The largest absolute Gasteiger partial charge is 0.469 e. The SMILES string of the molecule is COC(=O)CC1(CS(=O)(=O)NCc2cccc(COCc3ccccc3)c2)CC1. The molecular weight excluding hydrogens is 390 g/mol. The second-order valence-corrected chi connectivity index (χ2v) is 9.44. The lowest BCUT2D eigenvalue weighted by Gasteiger charge is -2.15. The molecule has 0 unspecified atom stereocenters. The zero-order valence-corrected chi connectivity index (χ0v) is 17.4. The summed E-state index contributed by atoms with van der Waals surface area (Å²) in [7, 11) is -2.16. The summed E-state index contributed by atoms with van der Waals surface area (Å²) in [5, 5.41) is 0. The molecule has 0 bridgehead atoms. The third-order valence-electron chi connectivity index (χ3n) is 5.07. The van der Waals surface area contributed by atoms with E-state index in [0.717, 1.165) is 29.5 Å². The molecule has 1 aliphatic carbocycles. The standard InChI is InChI=1S/C22H27NO5S/c1-27-21(24)13-22(10-11-22)17-29(25,26)23-14-19-8-5-9-20(12-19)16-28-15-18-6-3-2-4-7-18/h2-9,12,23H,10-11,13-17H2,1H3. The van der Waals surface area contributed by atoms with Crippen molar-refractivity contribution in [3.05, 3.63) is 71.3 Å². The van der Waals surface area contributed by atoms with Crippen molar-refractivity contribution in [1.82, 2.24) is 4.72 Å². The molecule has 0 radical (unpaired) electrons. The van der Waals surface area contributed by atoms with Crippen LogP contribution in [0.15, 0.2) is 54.6 Å². The van der Waals surface area contributed by atoms with E-state index in [9.17, 15) is 13.2 Å². The molecule has 2 aromatic carbocycles. The van der Waals surface area contributed by atoms with Crippen LogP contribution in [0.5, 0.6) is 0 Å². The quantitative estimate of drug-likeness (QED) is 0.568. The average molecular weight is 418 g/mol. The van der Waals surface area contributed by atoms with Gasteiger partial charge in [-0.1, -0.05) is 54.6 Å². The fourth-order valence-corrected chi connectivity index (χ4v) is 4.95. The molecule has 0 heterocycles. The van der Waals surface area contributed by atoms with Gasteiger partial charge in [0.1, 0.15) is 0 Å². The van der Waals surface area contributed by atoms with Crippen molar-refractivity contribution in [2.75, 3.05) is 12.9 Å². The number of sulfonamides is 1. The predicted molar refractivity (Wildman–Crippen MR) is 110 cm³/mol. The number of methoxy groups -OCH3 is 1. The number of hydrogen-bond donors (Lipinski definition) is 1. The highest BCUT2D eigenvalue weighted by molar-refractivity contribution is 7.89. The topological polar surface area (TPSA) is 81.7 Å². The van der Waals surface area contributed by atoms with Crippen LogP contribution in [0.2, 0.25) is 0 Å². The monoisotopic (exact) mass is 417 g/mol. The van der Waals surface area contributed by atoms with Gasteiger partial charge in [0.2, 0.25) is 10.0 Å². The van der Waals surface area contributed by atoms with Gasteiger partial charge in [-0.2, -0.15) is 0 Å². The molecule has 29 heavy (non-hydrogen) atoms. The minimum Gasteiger partial charge on any atom is -0.469 e. The van der Waals surface area contributed by atoms with Crippen molar-refractivity contribution in [2.24, 2.45) is 5.41 Å². The highest BCUT2D eigenvalue weighted by Gasteiger charge is 2.47. The molecule has 0 aromatic heterocycles. The van der Waals surface area contributed by atoms with Crippen molar-refractivity contribution in [2.45, 2.75) is 39.0 Å². The first-order valence-corrected chi connectivity index (χ1v) is 11.3. The van der Waals surface area contributed by atoms with E-state index < -0.39 is 15.4 Å². The highest BCUT2D eigenvalue weighted by Crippen LogP contribution is 2.49. The van der Waals surface area contributed by atoms with E-state index in [-0.39, 0.29) is 24.7 Å². The van der Waals surface area contributed by atoms with Crippen LogP contribution in [-0.4, -0.2) is 27.2 Å². The van der Waals surface area contributed by atoms with Crippen LogP contribution in [0.25, 0.3) is 0 Å². The van der Waals surface area contributed by atoms with Gasteiger partial charge in [0.05, 0.1) is 32.5 Å². The molecule has 7 heteroatoms. The van der Waals surface area contributed by atoms with Crippen LogP contribution in [0.3, 0.4) is 0 Å². The molecule has 0 aliphatic heterocycles. The Kier molecular flexibility index (Phi) is 7.05. The maximum atomic E-state index is 12.5. The molecule has 1 saturated carbocycles. The van der Waals surface area contributed by atoms with Gasteiger partial charge in [-0.25, -0.2) is 13.1 Å². The Morgan fingerprint density at radius 3 is 2.34 bits per heavy atom. The van der Waals surface area contributed by atoms with Crippen molar-refractivity contribution < 1.29 is 22.7 Å². The molecule has 2 aromatic rings. The fraction of sp³-hybridized carbons (Fsp3) is 0.409. The molecule has 1 aliphatic rings. The maximum absolute atomic E-state index is 12.5. The van der Waals surface area contributed by atoms with E-state index in [1.807, 2.05) is 54.6 Å². The minimum absolute atomic E-state index is 0.0466. The van der Waals surface area contributed by atoms with E-state index in [1.165, 1.54) is 7.11 Å². The van der Waals surface area contributed by atoms with Gasteiger partial charge < -0.3 is 9.47 Å². The predicted octanol–water partition coefficient (Wildman–Crippen LogP) is 3.17. The van der Waals surface area contributed by atoms with Crippen LogP contribution in [-0.2, 0) is 44.1 Å². The van der Waals surface area contributed by atoms with Crippen LogP contribution in [0, 0.1) is 5.41 Å². The van der Waals surface area contributed by atoms with Gasteiger partial charge in [0, 0.05) is 6.54 Å². The molecule has 0 atom stereocenters. The molecule has 6 nitrogen and oxygen atoms in total. The Bertz CT molecular complexity index is 923. The second kappa shape index (κ2) is 9.52. The summed E-state index contributed by atoms with van der Waals surface area (Å²) in [6, 6.07) is 17.6. The first-order valence-electron chi connectivity index (χ1n) is 9.63. The Balaban J connectivity index is 1.49. The third-order valence-corrected chi connectivity index (χ3v) is 6.64. The Morgan fingerprint density at radius 1 is 1.00 bits per heavy atom. The summed E-state index contributed by atoms with van der Waals surface area (Å²) in [4.78, 5) is 11.5. The van der Waals surface area contributed by atoms with Crippen LogP contribution >= 0.6 is 0 Å². The molecule has 3 rings (SSSR count). The van der Waals surface area contributed by atoms with Gasteiger partial charge >= 0.3 is 5.97 Å². The van der Waals surface area contributed by atoms with Crippen molar-refractivity contribution in [3.63, 3.8) is 0 Å². The highest BCUT2D eigenvalue weighted by atomic mass is 32.2. The smallest absolute Gasteiger partial charge is 0.306 e. The van der Waals surface area contributed by atoms with Crippen LogP contribution in [0.4, 0.5) is 0 Å². The lowest BCUT2D eigenvalue weighted by molar-refractivity contribution is -0.141. The van der Waals surface area contributed by atoms with Crippen molar-refractivity contribution >= 4 is 16.0 Å². The lowest BCUT2D eigenvalue weighted by Crippen LogP contribution is -2.31. The summed E-state index contributed by atoms with van der Waals surface area (Å²) in [6.45, 7) is 1.20. The van der Waals surface area contributed by atoms with Gasteiger partial charge in [-0.15, -0.1) is 0 Å². The van der Waals surface area contributed by atoms with E-state index in [0.29, 0.717) is 13.2 Å². The minimum atomic E-state index is -3.48. The number of carbonyl (C=O) groups is 1. The Hall–Kier alpha value is -2.22. The van der Waals surface area contributed by atoms with E-state index in [1.54, 1.807) is 0 Å². The van der Waals surface area contributed by atoms with Crippen LogP contribution in [0.1, 0.15) is 36.0 Å². The zero-order valence-electron chi connectivity index (χ0n) is 16.6. The summed E-state index contributed by atoms with van der Waals surface area (Å²) in [5.74, 6) is -0.407. The fourth-order valence-electron chi connectivity index (χ4n) is 3.27. The van der Waals surface area contributed by atoms with Gasteiger partial charge in [-0.05, 0) is 34.9 Å². The van der Waals surface area contributed by atoms with E-state index in [4.69, 9.17) is 4.74 Å². The first-order chi connectivity index (χ1) is 13.9. The molecule has 156 valence electrons. The van der Waals surface area contributed by atoms with E-state index in [2.05, 4.69) is 9.46 Å². The lowest BCUT2D eigenvalue weighted by atomic mass is 10.1. The normalized spacial score (nSPS) is 15.1. The van der Waals surface area contributed by atoms with Gasteiger partial charge in [-0.3, -0.25) is 4.79 Å². The molecule has 0 spiro atoms. The average Bonchev–Trinajstić information content (AvgIpc) is 3.45. The number of benzene rings is 2. The first kappa shape index (κ1) is 21.5. The summed E-state index contributed by atoms with van der Waals surface area (Å²) < 4.78 is 38.0. The third kappa shape index (κ3) is 6.96. The summed E-state index contributed by atoms with van der Waals surface area (Å²) >= 11 is 0. The van der Waals surface area contributed by atoms with Crippen molar-refractivity contribution in [1.29, 1.82) is 0 Å². The second-order valence-electron chi connectivity index (χ2n) is 7.63. The maximum Gasteiger partial charge on any atom is 0.306 e.